The molecule has 0 bridgehead atoms. The fourth-order valence-corrected chi connectivity index (χ4v) is 2.28. The first-order valence-electron chi connectivity index (χ1n) is 7.89. The number of hydrogen-bond acceptors (Lipinski definition) is 2. The van der Waals surface area contributed by atoms with Crippen LogP contribution in [0.2, 0.25) is 0 Å². The van der Waals surface area contributed by atoms with Crippen LogP contribution < -0.4 is 10.6 Å². The lowest BCUT2D eigenvalue weighted by molar-refractivity contribution is -0.129. The van der Waals surface area contributed by atoms with Gasteiger partial charge in [-0.2, -0.15) is 0 Å². The Morgan fingerprint density at radius 1 is 0.958 bits per heavy atom. The first-order valence-corrected chi connectivity index (χ1v) is 7.89. The Hall–Kier alpha value is -2.82. The minimum Gasteiger partial charge on any atom is -0.349 e. The summed E-state index contributed by atoms with van der Waals surface area (Å²) in [4.78, 5) is 25.8. The number of benzene rings is 2. The zero-order valence-corrected chi connectivity index (χ0v) is 14.0. The highest BCUT2D eigenvalue weighted by Gasteiger charge is 2.19. The summed E-state index contributed by atoms with van der Waals surface area (Å²) in [5.74, 6) is -0.0350. The summed E-state index contributed by atoms with van der Waals surface area (Å²) < 4.78 is 0. The lowest BCUT2D eigenvalue weighted by Gasteiger charge is -2.21. The first kappa shape index (κ1) is 17.5. The van der Waals surface area contributed by atoms with Gasteiger partial charge in [-0.15, -0.1) is 0 Å². The molecule has 2 rings (SSSR count). The molecular weight excluding hydrogens is 302 g/mol. The second-order valence-corrected chi connectivity index (χ2v) is 5.77. The number of carbonyl (C=O) groups is 2. The normalized spacial score (nSPS) is 11.4. The van der Waals surface area contributed by atoms with E-state index in [1.807, 2.05) is 60.7 Å². The number of nitrogens with zero attached hydrogens (tertiary/aromatic N) is 1. The van der Waals surface area contributed by atoms with Crippen LogP contribution >= 0.6 is 0 Å². The van der Waals surface area contributed by atoms with Gasteiger partial charge < -0.3 is 15.5 Å². The average molecular weight is 325 g/mol. The van der Waals surface area contributed by atoms with E-state index in [-0.39, 0.29) is 24.4 Å². The van der Waals surface area contributed by atoms with Crippen molar-refractivity contribution in [1.29, 1.82) is 0 Å². The van der Waals surface area contributed by atoms with Crippen LogP contribution in [0.4, 0.5) is 4.79 Å². The number of urea groups is 1. The van der Waals surface area contributed by atoms with E-state index in [9.17, 15) is 9.59 Å². The van der Waals surface area contributed by atoms with Gasteiger partial charge in [-0.1, -0.05) is 60.7 Å². The van der Waals surface area contributed by atoms with Crippen molar-refractivity contribution in [2.24, 2.45) is 0 Å². The van der Waals surface area contributed by atoms with Crippen LogP contribution in [0.15, 0.2) is 60.7 Å². The standard InChI is InChI=1S/C19H23N3O2/c1-22(2)18(23)13-17(16-11-7-4-8-12-16)21-19(24)20-14-15-9-5-3-6-10-15/h3-12,17H,13-14H2,1-2H3,(H2,20,21,24). The van der Waals surface area contributed by atoms with Crippen molar-refractivity contribution in [1.82, 2.24) is 15.5 Å². The van der Waals surface area contributed by atoms with Crippen molar-refractivity contribution in [3.8, 4) is 0 Å². The lowest BCUT2D eigenvalue weighted by atomic mass is 10.0. The highest BCUT2D eigenvalue weighted by molar-refractivity contribution is 5.79. The van der Waals surface area contributed by atoms with E-state index in [1.165, 1.54) is 4.90 Å². The minimum atomic E-state index is -0.364. The SMILES string of the molecule is CN(C)C(=O)CC(NC(=O)NCc1ccccc1)c1ccccc1. The molecule has 24 heavy (non-hydrogen) atoms. The summed E-state index contributed by atoms with van der Waals surface area (Å²) in [6, 6.07) is 18.5. The van der Waals surface area contributed by atoms with Crippen LogP contribution in [0, 0.1) is 0 Å². The maximum absolute atomic E-state index is 12.2. The van der Waals surface area contributed by atoms with E-state index in [1.54, 1.807) is 14.1 Å². The molecule has 2 aromatic carbocycles. The molecule has 1 atom stereocenters. The van der Waals surface area contributed by atoms with Gasteiger partial charge in [-0.05, 0) is 11.1 Å². The van der Waals surface area contributed by atoms with E-state index < -0.39 is 0 Å². The van der Waals surface area contributed by atoms with Gasteiger partial charge in [0.15, 0.2) is 0 Å². The van der Waals surface area contributed by atoms with Gasteiger partial charge in [0.05, 0.1) is 12.5 Å². The Bertz CT molecular complexity index is 657. The second-order valence-electron chi connectivity index (χ2n) is 5.77. The summed E-state index contributed by atoms with van der Waals surface area (Å²) in [6.45, 7) is 0.440. The topological polar surface area (TPSA) is 61.4 Å². The third-order valence-electron chi connectivity index (χ3n) is 3.68. The van der Waals surface area contributed by atoms with Crippen LogP contribution in [0.5, 0.6) is 0 Å². The molecule has 0 saturated carbocycles. The number of nitrogens with one attached hydrogen (secondary N) is 2. The molecule has 5 nitrogen and oxygen atoms in total. The van der Waals surface area contributed by atoms with Gasteiger partial charge in [0.25, 0.3) is 0 Å². The number of hydrogen-bond donors (Lipinski definition) is 2. The third kappa shape index (κ3) is 5.43. The number of amides is 3. The molecule has 0 fully saturated rings. The zero-order valence-electron chi connectivity index (χ0n) is 14.0. The Labute approximate surface area is 142 Å². The van der Waals surface area contributed by atoms with Gasteiger partial charge >= 0.3 is 6.03 Å². The van der Waals surface area contributed by atoms with Crippen molar-refractivity contribution >= 4 is 11.9 Å². The molecule has 2 N–H and O–H groups in total. The van der Waals surface area contributed by atoms with Gasteiger partial charge in [0.1, 0.15) is 0 Å². The smallest absolute Gasteiger partial charge is 0.315 e. The molecule has 0 saturated heterocycles. The van der Waals surface area contributed by atoms with Crippen molar-refractivity contribution in [2.45, 2.75) is 19.0 Å². The Morgan fingerprint density at radius 2 is 1.54 bits per heavy atom. The van der Waals surface area contributed by atoms with Crippen LogP contribution in [0.25, 0.3) is 0 Å². The summed E-state index contributed by atoms with van der Waals surface area (Å²) in [7, 11) is 3.42. The Kier molecular flexibility index (Phi) is 6.37. The highest BCUT2D eigenvalue weighted by Crippen LogP contribution is 2.17. The fraction of sp³-hybridized carbons (Fsp3) is 0.263. The summed E-state index contributed by atoms with van der Waals surface area (Å²) in [5.41, 5.74) is 1.93. The quantitative estimate of drug-likeness (QED) is 0.858. The monoisotopic (exact) mass is 325 g/mol. The summed E-state index contributed by atoms with van der Waals surface area (Å²) in [6.07, 6.45) is 0.218. The molecule has 0 heterocycles. The third-order valence-corrected chi connectivity index (χ3v) is 3.68. The lowest BCUT2D eigenvalue weighted by Crippen LogP contribution is -2.39. The van der Waals surface area contributed by atoms with Crippen LogP contribution in [0.3, 0.4) is 0 Å². The molecule has 1 unspecified atom stereocenters. The van der Waals surface area contributed by atoms with Crippen LogP contribution in [0.1, 0.15) is 23.6 Å². The highest BCUT2D eigenvalue weighted by atomic mass is 16.2. The van der Waals surface area contributed by atoms with Crippen molar-refractivity contribution in [3.05, 3.63) is 71.8 Å². The van der Waals surface area contributed by atoms with Gasteiger partial charge in [-0.3, -0.25) is 4.79 Å². The maximum Gasteiger partial charge on any atom is 0.315 e. The summed E-state index contributed by atoms with van der Waals surface area (Å²) >= 11 is 0. The average Bonchev–Trinajstić information content (AvgIpc) is 2.61. The first-order chi connectivity index (χ1) is 11.6. The van der Waals surface area contributed by atoms with Crippen molar-refractivity contribution in [2.75, 3.05) is 14.1 Å². The molecule has 0 spiro atoms. The molecule has 0 aliphatic heterocycles. The van der Waals surface area contributed by atoms with Gasteiger partial charge in [0, 0.05) is 20.6 Å². The van der Waals surface area contributed by atoms with E-state index in [2.05, 4.69) is 10.6 Å². The van der Waals surface area contributed by atoms with Crippen molar-refractivity contribution in [3.63, 3.8) is 0 Å². The molecule has 0 radical (unpaired) electrons. The second kappa shape index (κ2) is 8.72. The molecule has 0 aliphatic rings. The predicted octanol–water partition coefficient (Wildman–Crippen LogP) is 2.71. The van der Waals surface area contributed by atoms with E-state index in [4.69, 9.17) is 0 Å². The van der Waals surface area contributed by atoms with Gasteiger partial charge in [-0.25, -0.2) is 4.79 Å². The molecule has 5 heteroatoms. The maximum atomic E-state index is 12.2. The van der Waals surface area contributed by atoms with E-state index in [0.717, 1.165) is 11.1 Å². The molecule has 3 amide bonds. The molecule has 126 valence electrons. The molecule has 0 aliphatic carbocycles. The number of carbonyl (C=O) groups excluding carboxylic acids is 2. The molecule has 0 aromatic heterocycles. The number of rotatable bonds is 6. The van der Waals surface area contributed by atoms with E-state index >= 15 is 0 Å². The predicted molar refractivity (Wildman–Crippen MR) is 94.3 cm³/mol. The molecular formula is C19H23N3O2. The largest absolute Gasteiger partial charge is 0.349 e. The van der Waals surface area contributed by atoms with Crippen LogP contribution in [-0.4, -0.2) is 30.9 Å². The fourth-order valence-electron chi connectivity index (χ4n) is 2.28. The Balaban J connectivity index is 1.99. The van der Waals surface area contributed by atoms with Crippen LogP contribution in [-0.2, 0) is 11.3 Å². The summed E-state index contributed by atoms with van der Waals surface area (Å²) in [5, 5.41) is 5.72. The van der Waals surface area contributed by atoms with Crippen molar-refractivity contribution < 1.29 is 9.59 Å². The molecule has 2 aromatic rings. The van der Waals surface area contributed by atoms with E-state index in [0.29, 0.717) is 6.54 Å². The Morgan fingerprint density at radius 3 is 2.12 bits per heavy atom. The minimum absolute atomic E-state index is 0.0350. The van der Waals surface area contributed by atoms with Gasteiger partial charge in [0.2, 0.25) is 5.91 Å². The zero-order chi connectivity index (χ0) is 17.4.